The fraction of sp³-hybridized carbons (Fsp3) is 0.267. The van der Waals surface area contributed by atoms with Crippen LogP contribution in [-0.2, 0) is 22.7 Å². The van der Waals surface area contributed by atoms with Crippen LogP contribution in [0.25, 0.3) is 21.9 Å². The van der Waals surface area contributed by atoms with E-state index < -0.39 is 0 Å². The van der Waals surface area contributed by atoms with Gasteiger partial charge in [-0.15, -0.1) is 0 Å². The number of carbonyl (C=O) groups excluding carboxylic acids is 1. The Morgan fingerprint density at radius 1 is 1.41 bits per heavy atom. The van der Waals surface area contributed by atoms with E-state index in [-0.39, 0.29) is 19.1 Å². The number of nitrogens with zero attached hydrogens (tertiary/aromatic N) is 3. The Labute approximate surface area is 126 Å². The molecule has 22 heavy (non-hydrogen) atoms. The number of nitrogens with two attached hydrogens (primary N) is 1. The highest BCUT2D eigenvalue weighted by atomic mass is 16.5. The molecular formula is C15H16N4O3. The minimum absolute atomic E-state index is 0.0444. The van der Waals surface area contributed by atoms with Crippen LogP contribution in [0.3, 0.4) is 0 Å². The molecule has 3 rings (SSSR count). The predicted molar refractivity (Wildman–Crippen MR) is 82.0 cm³/mol. The first kappa shape index (κ1) is 14.3. The number of carbonyl (C=O) groups is 1. The maximum atomic E-state index is 11.8. The second-order valence-corrected chi connectivity index (χ2v) is 4.86. The molecule has 2 aromatic heterocycles. The number of hydrogen-bond acceptors (Lipinski definition) is 6. The Bertz CT molecular complexity index is 857. The van der Waals surface area contributed by atoms with Gasteiger partial charge in [0.15, 0.2) is 0 Å². The molecular weight excluding hydrogens is 284 g/mol. The van der Waals surface area contributed by atoms with Crippen molar-refractivity contribution < 1.29 is 14.6 Å². The molecule has 0 bridgehead atoms. The number of aromatic nitrogens is 3. The van der Waals surface area contributed by atoms with E-state index in [9.17, 15) is 9.90 Å². The maximum absolute atomic E-state index is 11.8. The zero-order chi connectivity index (χ0) is 15.7. The van der Waals surface area contributed by atoms with Crippen molar-refractivity contribution in [3.8, 4) is 0 Å². The number of hydrogen-bond donors (Lipinski definition) is 2. The average Bonchev–Trinajstić information content (AvgIpc) is 2.82. The summed E-state index contributed by atoms with van der Waals surface area (Å²) in [6.45, 7) is 2.05. The van der Waals surface area contributed by atoms with E-state index in [0.717, 1.165) is 16.5 Å². The largest absolute Gasteiger partial charge is 0.465 e. The number of nitrogen functional groups attached to an aromatic ring is 1. The Balaban J connectivity index is 2.28. The van der Waals surface area contributed by atoms with E-state index in [0.29, 0.717) is 23.5 Å². The van der Waals surface area contributed by atoms with Gasteiger partial charge in [0.2, 0.25) is 0 Å². The Morgan fingerprint density at radius 3 is 2.95 bits per heavy atom. The van der Waals surface area contributed by atoms with Crippen LogP contribution in [0.4, 0.5) is 5.82 Å². The quantitative estimate of drug-likeness (QED) is 0.702. The molecule has 3 aromatic rings. The Hall–Kier alpha value is -2.67. The van der Waals surface area contributed by atoms with Crippen LogP contribution in [0.2, 0.25) is 0 Å². The molecule has 114 valence electrons. The summed E-state index contributed by atoms with van der Waals surface area (Å²) in [5.74, 6) is -0.00239. The van der Waals surface area contributed by atoms with Crippen LogP contribution in [0.1, 0.15) is 12.5 Å². The minimum Gasteiger partial charge on any atom is -0.465 e. The SMILES string of the molecule is CCOC(=O)Cn1c2ccc(CO)cc2c2c(N)ncnc21. The molecule has 7 heteroatoms. The molecule has 0 amide bonds. The van der Waals surface area contributed by atoms with Crippen molar-refractivity contribution >= 4 is 33.7 Å². The average molecular weight is 300 g/mol. The highest BCUT2D eigenvalue weighted by Gasteiger charge is 2.17. The summed E-state index contributed by atoms with van der Waals surface area (Å²) in [6.07, 6.45) is 1.37. The van der Waals surface area contributed by atoms with Gasteiger partial charge in [-0.25, -0.2) is 9.97 Å². The molecule has 0 aliphatic heterocycles. The molecule has 0 saturated carbocycles. The summed E-state index contributed by atoms with van der Waals surface area (Å²) in [4.78, 5) is 20.1. The van der Waals surface area contributed by atoms with Crippen molar-refractivity contribution in [1.82, 2.24) is 14.5 Å². The maximum Gasteiger partial charge on any atom is 0.326 e. The topological polar surface area (TPSA) is 103 Å². The van der Waals surface area contributed by atoms with E-state index >= 15 is 0 Å². The molecule has 3 N–H and O–H groups in total. The molecule has 2 heterocycles. The highest BCUT2D eigenvalue weighted by molar-refractivity contribution is 6.11. The van der Waals surface area contributed by atoms with Crippen LogP contribution in [0.15, 0.2) is 24.5 Å². The van der Waals surface area contributed by atoms with E-state index in [1.165, 1.54) is 6.33 Å². The number of benzene rings is 1. The summed E-state index contributed by atoms with van der Waals surface area (Å²) in [5, 5.41) is 10.8. The number of ether oxygens (including phenoxy) is 1. The third-order valence-corrected chi connectivity index (χ3v) is 3.51. The van der Waals surface area contributed by atoms with Gasteiger partial charge < -0.3 is 20.1 Å². The fourth-order valence-electron chi connectivity index (χ4n) is 2.58. The minimum atomic E-state index is -0.343. The molecule has 0 fully saturated rings. The molecule has 7 nitrogen and oxygen atoms in total. The second-order valence-electron chi connectivity index (χ2n) is 4.86. The zero-order valence-electron chi connectivity index (χ0n) is 12.1. The molecule has 0 spiro atoms. The van der Waals surface area contributed by atoms with E-state index in [2.05, 4.69) is 9.97 Å². The molecule has 0 aliphatic carbocycles. The first-order chi connectivity index (χ1) is 10.7. The van der Waals surface area contributed by atoms with Crippen molar-refractivity contribution in [2.75, 3.05) is 12.3 Å². The molecule has 0 unspecified atom stereocenters. The molecule has 0 atom stereocenters. The second kappa shape index (κ2) is 5.61. The number of fused-ring (bicyclic) bond motifs is 3. The molecule has 1 aromatic carbocycles. The van der Waals surface area contributed by atoms with Gasteiger partial charge in [-0.1, -0.05) is 6.07 Å². The van der Waals surface area contributed by atoms with Gasteiger partial charge in [0.05, 0.1) is 24.1 Å². The fourth-order valence-corrected chi connectivity index (χ4v) is 2.58. The van der Waals surface area contributed by atoms with Crippen LogP contribution in [0, 0.1) is 0 Å². The number of rotatable bonds is 4. The van der Waals surface area contributed by atoms with Gasteiger partial charge in [0, 0.05) is 5.39 Å². The van der Waals surface area contributed by atoms with Crippen LogP contribution in [0.5, 0.6) is 0 Å². The van der Waals surface area contributed by atoms with Crippen LogP contribution >= 0.6 is 0 Å². The van der Waals surface area contributed by atoms with Gasteiger partial charge in [-0.05, 0) is 24.6 Å². The summed E-state index contributed by atoms with van der Waals surface area (Å²) >= 11 is 0. The summed E-state index contributed by atoms with van der Waals surface area (Å²) in [6, 6.07) is 5.47. The number of aliphatic hydroxyl groups is 1. The van der Waals surface area contributed by atoms with Gasteiger partial charge in [-0.2, -0.15) is 0 Å². The van der Waals surface area contributed by atoms with Gasteiger partial charge in [0.25, 0.3) is 0 Å². The Morgan fingerprint density at radius 2 is 2.23 bits per heavy atom. The van der Waals surface area contributed by atoms with Gasteiger partial charge >= 0.3 is 5.97 Å². The predicted octanol–water partition coefficient (Wildman–Crippen LogP) is 1.22. The lowest BCUT2D eigenvalue weighted by atomic mass is 10.1. The van der Waals surface area contributed by atoms with Crippen molar-refractivity contribution in [1.29, 1.82) is 0 Å². The van der Waals surface area contributed by atoms with Crippen molar-refractivity contribution in [3.05, 3.63) is 30.1 Å². The molecule has 0 radical (unpaired) electrons. The van der Waals surface area contributed by atoms with Crippen LogP contribution in [-0.4, -0.2) is 32.2 Å². The number of aliphatic hydroxyl groups excluding tert-OH is 1. The van der Waals surface area contributed by atoms with Crippen molar-refractivity contribution in [3.63, 3.8) is 0 Å². The lowest BCUT2D eigenvalue weighted by molar-refractivity contribution is -0.143. The first-order valence-electron chi connectivity index (χ1n) is 6.93. The summed E-state index contributed by atoms with van der Waals surface area (Å²) in [5.41, 5.74) is 8.10. The number of esters is 1. The van der Waals surface area contributed by atoms with E-state index in [1.54, 1.807) is 17.6 Å². The normalized spacial score (nSPS) is 11.2. The third kappa shape index (κ3) is 2.25. The van der Waals surface area contributed by atoms with Crippen LogP contribution < -0.4 is 5.73 Å². The highest BCUT2D eigenvalue weighted by Crippen LogP contribution is 2.31. The molecule has 0 saturated heterocycles. The van der Waals surface area contributed by atoms with Gasteiger partial charge in [0.1, 0.15) is 24.3 Å². The van der Waals surface area contributed by atoms with Gasteiger partial charge in [-0.3, -0.25) is 4.79 Å². The monoisotopic (exact) mass is 300 g/mol. The summed E-state index contributed by atoms with van der Waals surface area (Å²) < 4.78 is 6.77. The zero-order valence-corrected chi connectivity index (χ0v) is 12.1. The first-order valence-corrected chi connectivity index (χ1v) is 6.93. The van der Waals surface area contributed by atoms with E-state index in [1.807, 2.05) is 12.1 Å². The van der Waals surface area contributed by atoms with Crippen molar-refractivity contribution in [2.45, 2.75) is 20.1 Å². The standard InChI is InChI=1S/C15H16N4O3/c1-2-22-12(21)6-19-11-4-3-9(7-20)5-10(11)13-14(16)17-8-18-15(13)19/h3-5,8,20H,2,6-7H2,1H3,(H2,16,17,18). The Kier molecular flexibility index (Phi) is 3.64. The summed E-state index contributed by atoms with van der Waals surface area (Å²) in [7, 11) is 0. The van der Waals surface area contributed by atoms with Crippen molar-refractivity contribution in [2.24, 2.45) is 0 Å². The number of anilines is 1. The lowest BCUT2D eigenvalue weighted by Crippen LogP contribution is -2.13. The van der Waals surface area contributed by atoms with E-state index in [4.69, 9.17) is 10.5 Å². The third-order valence-electron chi connectivity index (χ3n) is 3.51. The smallest absolute Gasteiger partial charge is 0.326 e. The lowest BCUT2D eigenvalue weighted by Gasteiger charge is -2.06. The molecule has 0 aliphatic rings.